The van der Waals surface area contributed by atoms with Gasteiger partial charge in [0.25, 0.3) is 0 Å². The van der Waals surface area contributed by atoms with Crippen molar-refractivity contribution in [2.24, 2.45) is 11.8 Å². The monoisotopic (exact) mass is 733 g/mol. The molecule has 4 bridgehead atoms. The molecular weight excluding hydrogens is 689 g/mol. The summed E-state index contributed by atoms with van der Waals surface area (Å²) < 4.78 is 13.9. The Bertz CT molecular complexity index is 1920. The first-order valence-corrected chi connectivity index (χ1v) is 19.0. The lowest BCUT2D eigenvalue weighted by atomic mass is 9.47. The Balaban J connectivity index is 0.00000155. The number of halogens is 2. The summed E-state index contributed by atoms with van der Waals surface area (Å²) in [5.74, 6) is 2.77. The maximum atomic E-state index is 13.5. The Kier molecular flexibility index (Phi) is 6.06. The lowest BCUT2D eigenvalue weighted by Crippen LogP contribution is -2.75. The van der Waals surface area contributed by atoms with E-state index in [0.717, 1.165) is 85.5 Å². The first-order chi connectivity index (χ1) is 23.7. The number of rotatable bonds is 4. The van der Waals surface area contributed by atoms with Crippen molar-refractivity contribution >= 4 is 24.8 Å². The first-order valence-electron chi connectivity index (χ1n) is 19.0. The normalized spacial score (nSPS) is 39.7. The molecule has 2 saturated heterocycles. The lowest BCUT2D eigenvalue weighted by molar-refractivity contribution is -0.176. The standard InChI is InChI=1S/C40H43N3O6.2ClH/c44-25-7-5-21-13-27-39(46)15-23-24-16-40(47)28-14-22-6-8-26(45)34-30(22)38(40,10-12-43(28)18-20-3-4-20)36(49-34)32(24)41-31(23)35-37(39,29(21)33(25)48-35)9-11-42(27)17-19-1-2-19;;/h5-8,19-20,27-28,35-36,41,44-47H,1-4,9-18H2;2*1H/t27?,28?,35?,36?,37-,38-,39+,40+;;/m0../s1. The Morgan fingerprint density at radius 3 is 1.51 bits per heavy atom. The van der Waals surface area contributed by atoms with Crippen molar-refractivity contribution in [1.29, 1.82) is 0 Å². The number of hydrogen-bond donors (Lipinski definition) is 5. The second kappa shape index (κ2) is 9.71. The van der Waals surface area contributed by atoms with Crippen LogP contribution >= 0.6 is 24.8 Å². The molecule has 5 N–H and O–H groups in total. The quantitative estimate of drug-likeness (QED) is 0.263. The number of ether oxygens (including phenoxy) is 2. The fraction of sp³-hybridized carbons (Fsp3) is 0.600. The van der Waals surface area contributed by atoms with Crippen molar-refractivity contribution in [3.8, 4) is 23.0 Å². The number of nitrogens with one attached hydrogen (secondary N) is 1. The summed E-state index contributed by atoms with van der Waals surface area (Å²) in [5, 5.41) is 49.4. The van der Waals surface area contributed by atoms with Gasteiger partial charge in [-0.05, 0) is 111 Å². The van der Waals surface area contributed by atoms with Gasteiger partial charge in [-0.3, -0.25) is 9.80 Å². The number of piperidine rings is 2. The molecule has 2 aromatic carbocycles. The van der Waals surface area contributed by atoms with E-state index in [1.165, 1.54) is 36.8 Å². The van der Waals surface area contributed by atoms with E-state index in [1.54, 1.807) is 12.1 Å². The van der Waals surface area contributed by atoms with Crippen LogP contribution in [0.4, 0.5) is 0 Å². The third-order valence-electron chi connectivity index (χ3n) is 15.7. The third kappa shape index (κ3) is 3.39. The van der Waals surface area contributed by atoms with Gasteiger partial charge >= 0.3 is 0 Å². The highest BCUT2D eigenvalue weighted by Crippen LogP contribution is 2.72. The molecule has 270 valence electrons. The molecule has 10 aliphatic rings. The predicted molar refractivity (Wildman–Crippen MR) is 192 cm³/mol. The second-order valence-electron chi connectivity index (χ2n) is 17.8. The van der Waals surface area contributed by atoms with Gasteiger partial charge in [-0.1, -0.05) is 12.1 Å². The van der Waals surface area contributed by atoms with Gasteiger partial charge in [0.2, 0.25) is 0 Å². The molecule has 4 unspecified atom stereocenters. The molecule has 3 aromatic rings. The van der Waals surface area contributed by atoms with Crippen molar-refractivity contribution in [2.45, 2.75) is 111 Å². The molecule has 13 rings (SSSR count). The van der Waals surface area contributed by atoms with E-state index in [0.29, 0.717) is 36.2 Å². The van der Waals surface area contributed by atoms with Crippen LogP contribution in [0.5, 0.6) is 23.0 Å². The highest BCUT2D eigenvalue weighted by atomic mass is 35.5. The number of hydrogen-bond acceptors (Lipinski definition) is 8. The zero-order valence-electron chi connectivity index (χ0n) is 28.5. The molecule has 8 atom stereocenters. The summed E-state index contributed by atoms with van der Waals surface area (Å²) in [5.41, 5.74) is 4.93. The van der Waals surface area contributed by atoms with E-state index in [1.807, 2.05) is 0 Å². The SMILES string of the molecule is Cl.Cl.Oc1ccc2c3c1OC1c4[nH]c5c(c4C[C@@]4(O)C(C2)N(CC2CC2)CC[C@]314)C[C@@]1(O)C2Cc3ccc(O)c4c3[C@@]1(CCN2CC1CC1)C5O4. The Morgan fingerprint density at radius 1 is 0.667 bits per heavy atom. The van der Waals surface area contributed by atoms with Crippen molar-refractivity contribution in [3.63, 3.8) is 0 Å². The second-order valence-corrected chi connectivity index (χ2v) is 17.8. The number of nitrogens with zero attached hydrogens (tertiary/aromatic N) is 2. The number of aromatic nitrogens is 1. The van der Waals surface area contributed by atoms with Crippen LogP contribution in [0.3, 0.4) is 0 Å². The number of benzene rings is 2. The number of aromatic hydroxyl groups is 2. The molecule has 9 nitrogen and oxygen atoms in total. The number of likely N-dealkylation sites (tertiary alicyclic amines) is 2. The molecule has 0 amide bonds. The zero-order valence-corrected chi connectivity index (χ0v) is 30.1. The molecule has 2 saturated carbocycles. The van der Waals surface area contributed by atoms with E-state index in [9.17, 15) is 20.4 Å². The summed E-state index contributed by atoms with van der Waals surface area (Å²) in [7, 11) is 0. The van der Waals surface area contributed by atoms with Crippen LogP contribution in [0, 0.1) is 11.8 Å². The van der Waals surface area contributed by atoms with Gasteiger partial charge < -0.3 is 34.9 Å². The molecule has 11 heteroatoms. The van der Waals surface area contributed by atoms with Crippen LogP contribution in [-0.2, 0) is 36.5 Å². The van der Waals surface area contributed by atoms with Crippen LogP contribution in [0.2, 0.25) is 0 Å². The lowest BCUT2D eigenvalue weighted by Gasteiger charge is -2.63. The zero-order chi connectivity index (χ0) is 32.4. The smallest absolute Gasteiger partial charge is 0.166 e. The largest absolute Gasteiger partial charge is 0.504 e. The van der Waals surface area contributed by atoms with Gasteiger partial charge in [0.05, 0.1) is 33.4 Å². The third-order valence-corrected chi connectivity index (χ3v) is 15.7. The average Bonchev–Trinajstić information content (AvgIpc) is 3.98. The highest BCUT2D eigenvalue weighted by molar-refractivity contribution is 5.85. The van der Waals surface area contributed by atoms with Gasteiger partial charge in [0.1, 0.15) is 0 Å². The molecule has 1 aromatic heterocycles. The maximum Gasteiger partial charge on any atom is 0.166 e. The van der Waals surface area contributed by atoms with Crippen molar-refractivity contribution < 1.29 is 29.9 Å². The van der Waals surface area contributed by atoms with Crippen molar-refractivity contribution in [2.75, 3.05) is 26.2 Å². The summed E-state index contributed by atoms with van der Waals surface area (Å²) in [4.78, 5) is 9.05. The first kappa shape index (κ1) is 31.8. The molecule has 6 aliphatic carbocycles. The molecule has 51 heavy (non-hydrogen) atoms. The summed E-state index contributed by atoms with van der Waals surface area (Å²) in [6.45, 7) is 3.84. The summed E-state index contributed by atoms with van der Waals surface area (Å²) >= 11 is 0. The van der Waals surface area contributed by atoms with Gasteiger partial charge in [0, 0.05) is 49.1 Å². The Labute approximate surface area is 309 Å². The van der Waals surface area contributed by atoms with Crippen LogP contribution in [0.25, 0.3) is 0 Å². The van der Waals surface area contributed by atoms with E-state index in [2.05, 4.69) is 26.9 Å². The van der Waals surface area contributed by atoms with Crippen LogP contribution in [0.1, 0.15) is 95.5 Å². The highest BCUT2D eigenvalue weighted by Gasteiger charge is 2.76. The van der Waals surface area contributed by atoms with E-state index >= 15 is 0 Å². The molecule has 4 aliphatic heterocycles. The number of aliphatic hydroxyl groups is 2. The summed E-state index contributed by atoms with van der Waals surface area (Å²) in [6, 6.07) is 7.56. The minimum Gasteiger partial charge on any atom is -0.504 e. The fourth-order valence-electron chi connectivity index (χ4n) is 13.4. The molecule has 4 fully saturated rings. The van der Waals surface area contributed by atoms with E-state index < -0.39 is 34.2 Å². The minimum atomic E-state index is -1.09. The number of aromatic amines is 1. The number of H-pyrrole nitrogens is 1. The van der Waals surface area contributed by atoms with Crippen LogP contribution < -0.4 is 9.47 Å². The predicted octanol–water partition coefficient (Wildman–Crippen LogP) is 4.67. The molecular formula is C40H45Cl2N3O6. The van der Waals surface area contributed by atoms with E-state index in [-0.39, 0.29) is 48.4 Å². The average molecular weight is 735 g/mol. The van der Waals surface area contributed by atoms with Crippen molar-refractivity contribution in [1.82, 2.24) is 14.8 Å². The topological polar surface area (TPSA) is 122 Å². The Morgan fingerprint density at radius 2 is 1.10 bits per heavy atom. The fourth-order valence-corrected chi connectivity index (χ4v) is 13.4. The summed E-state index contributed by atoms with van der Waals surface area (Å²) in [6.07, 6.45) is 8.06. The Hall–Kier alpha value is -2.66. The van der Waals surface area contributed by atoms with Gasteiger partial charge in [-0.15, -0.1) is 24.8 Å². The number of fused-ring (bicyclic) bond motifs is 5. The molecule has 2 spiro atoms. The van der Waals surface area contributed by atoms with Gasteiger partial charge in [-0.2, -0.15) is 0 Å². The van der Waals surface area contributed by atoms with E-state index in [4.69, 9.17) is 9.47 Å². The van der Waals surface area contributed by atoms with Gasteiger partial charge in [-0.25, -0.2) is 0 Å². The van der Waals surface area contributed by atoms with Gasteiger partial charge in [0.15, 0.2) is 35.2 Å². The minimum absolute atomic E-state index is 0. The maximum absolute atomic E-state index is 13.5. The van der Waals surface area contributed by atoms with Crippen molar-refractivity contribution in [3.05, 3.63) is 69.0 Å². The molecule has 5 heterocycles. The number of phenols is 2. The van der Waals surface area contributed by atoms with Crippen LogP contribution in [-0.4, -0.2) is 84.7 Å². The van der Waals surface area contributed by atoms with Crippen LogP contribution in [0.15, 0.2) is 24.3 Å². The molecule has 0 radical (unpaired) electrons. The number of phenolic OH excluding ortho intramolecular Hbond substituents is 2.